The summed E-state index contributed by atoms with van der Waals surface area (Å²) in [7, 11) is 0. The average Bonchev–Trinajstić information content (AvgIpc) is 1.07. The zero-order valence-corrected chi connectivity index (χ0v) is 52.4. The maximum Gasteiger partial charge on any atom is 0.303 e. The van der Waals surface area contributed by atoms with Crippen molar-refractivity contribution in [3.05, 3.63) is 59.7 Å². The Morgan fingerprint density at radius 3 is 1.29 bits per heavy atom. The van der Waals surface area contributed by atoms with Crippen LogP contribution in [0.3, 0.4) is 0 Å². The van der Waals surface area contributed by atoms with Crippen molar-refractivity contribution in [3.63, 3.8) is 0 Å². The van der Waals surface area contributed by atoms with Crippen LogP contribution in [-0.4, -0.2) is 190 Å². The zero-order valence-electron chi connectivity index (χ0n) is 52.4. The molecule has 0 radical (unpaired) electrons. The molecule has 32 nitrogen and oxygen atoms in total. The number of benzene rings is 2. The molecule has 32 heteroatoms. The number of aliphatic carboxylic acids is 1. The number of unbranched alkanes of at least 4 members (excludes halogenated alkanes) is 1. The van der Waals surface area contributed by atoms with Gasteiger partial charge in [0.2, 0.25) is 76.8 Å². The summed E-state index contributed by atoms with van der Waals surface area (Å²) in [6.45, 7) is 9.58. The summed E-state index contributed by atoms with van der Waals surface area (Å²) in [5.41, 5.74) is 11.7. The van der Waals surface area contributed by atoms with Crippen LogP contribution in [0.4, 0.5) is 0 Å². The lowest BCUT2D eigenvalue weighted by molar-refractivity contribution is -0.138. The summed E-state index contributed by atoms with van der Waals surface area (Å²) in [5.74, 6) is -14.5. The van der Waals surface area contributed by atoms with E-state index in [1.54, 1.807) is 41.5 Å². The summed E-state index contributed by atoms with van der Waals surface area (Å²) in [6, 6.07) is -0.0244. The second-order valence-electron chi connectivity index (χ2n) is 22.5. The van der Waals surface area contributed by atoms with Crippen LogP contribution in [0.15, 0.2) is 48.5 Å². The number of carbonyl (C=O) groups excluding carboxylic acids is 13. The number of phenols is 2. The number of hydrogen-bond acceptors (Lipinski definition) is 18. The largest absolute Gasteiger partial charge is 0.508 e. The summed E-state index contributed by atoms with van der Waals surface area (Å²) in [6.07, 6.45) is -1.72. The smallest absolute Gasteiger partial charge is 0.303 e. The van der Waals surface area contributed by atoms with Gasteiger partial charge in [0.25, 0.3) is 0 Å². The van der Waals surface area contributed by atoms with E-state index in [1.165, 1.54) is 55.5 Å². The van der Waals surface area contributed by atoms with Crippen LogP contribution < -0.4 is 75.3 Å². The molecule has 2 aromatic carbocycles. The van der Waals surface area contributed by atoms with Crippen LogP contribution in [0.5, 0.6) is 11.5 Å². The Morgan fingerprint density at radius 1 is 0.451 bits per heavy atom. The van der Waals surface area contributed by atoms with E-state index in [0.717, 1.165) is 6.92 Å². The van der Waals surface area contributed by atoms with Crippen molar-refractivity contribution < 1.29 is 87.5 Å². The van der Waals surface area contributed by atoms with Gasteiger partial charge in [-0.1, -0.05) is 72.2 Å². The third kappa shape index (κ3) is 29.2. The van der Waals surface area contributed by atoms with Gasteiger partial charge in [0, 0.05) is 26.2 Å². The van der Waals surface area contributed by atoms with E-state index in [9.17, 15) is 87.5 Å². The Balaban J connectivity index is 2.27. The summed E-state index contributed by atoms with van der Waals surface area (Å²) >= 11 is 0. The average molecular weight is 1280 g/mol. The normalized spacial score (nSPS) is 14.3. The molecule has 0 bridgehead atoms. The second-order valence-corrected chi connectivity index (χ2v) is 22.5. The van der Waals surface area contributed by atoms with E-state index in [1.807, 2.05) is 0 Å². The molecule has 2 aromatic rings. The Labute approximate surface area is 526 Å². The fraction of sp³-hybridized carbons (Fsp3) is 0.559. The quantitative estimate of drug-likeness (QED) is 0.0280. The van der Waals surface area contributed by atoms with Gasteiger partial charge >= 0.3 is 5.97 Å². The SMILES string of the molecule is CC[C@H](C)[C@H](NC(C)=O)C(=O)NCC(=O)N[C@@H](CCC(=O)O)C(=O)NCC(=O)N[C@H](C(=O)N[C@@H](Cc1ccc(O)cc1)C(=O)NCC(=O)N[C@H](C(=O)N[C@H](C(=O)N[C@@H](Cc1ccc(O)cc1)C(=O)N[C@@H](CCCCN)C(=O)NCC(N)=O)C(C)C)C(C)C)[C@@H](C)O. The number of nitrogens with one attached hydrogen (secondary N) is 12. The number of aliphatic hydroxyl groups is 1. The van der Waals surface area contributed by atoms with Gasteiger partial charge in [-0.05, 0) is 92.3 Å². The molecule has 0 aliphatic rings. The highest BCUT2D eigenvalue weighted by atomic mass is 16.4. The van der Waals surface area contributed by atoms with Gasteiger partial charge in [0.1, 0.15) is 59.8 Å². The van der Waals surface area contributed by atoms with Crippen LogP contribution in [0.25, 0.3) is 0 Å². The number of aliphatic hydroxyl groups excluding tert-OH is 1. The minimum Gasteiger partial charge on any atom is -0.508 e. The number of amides is 13. The van der Waals surface area contributed by atoms with Crippen molar-refractivity contribution >= 4 is 82.8 Å². The highest BCUT2D eigenvalue weighted by Gasteiger charge is 2.36. The molecule has 20 N–H and O–H groups in total. The first-order chi connectivity index (χ1) is 42.8. The van der Waals surface area contributed by atoms with Crippen LogP contribution in [0.2, 0.25) is 0 Å². The lowest BCUT2D eigenvalue weighted by atomic mass is 9.98. The van der Waals surface area contributed by atoms with Crippen molar-refractivity contribution in [2.45, 2.75) is 161 Å². The van der Waals surface area contributed by atoms with Gasteiger partial charge in [0.15, 0.2) is 0 Å². The van der Waals surface area contributed by atoms with Gasteiger partial charge in [-0.2, -0.15) is 0 Å². The Bertz CT molecular complexity index is 2840. The predicted molar refractivity (Wildman–Crippen MR) is 327 cm³/mol. The molecule has 0 heterocycles. The Hall–Kier alpha value is -9.46. The van der Waals surface area contributed by atoms with Crippen LogP contribution in [0.1, 0.15) is 105 Å². The number of primary amides is 1. The monoisotopic (exact) mass is 1280 g/mol. The molecule has 0 saturated carbocycles. The van der Waals surface area contributed by atoms with Crippen molar-refractivity contribution in [3.8, 4) is 11.5 Å². The highest BCUT2D eigenvalue weighted by molar-refractivity contribution is 5.98. The summed E-state index contributed by atoms with van der Waals surface area (Å²) in [5, 5.41) is 69.0. The molecule has 0 aliphatic carbocycles. The van der Waals surface area contributed by atoms with E-state index in [0.29, 0.717) is 30.4 Å². The molecular weight excluding hydrogens is 1190 g/mol. The molecule has 13 amide bonds. The third-order valence-corrected chi connectivity index (χ3v) is 14.1. The van der Waals surface area contributed by atoms with Crippen LogP contribution >= 0.6 is 0 Å². The van der Waals surface area contributed by atoms with Gasteiger partial charge < -0.3 is 95.7 Å². The lowest BCUT2D eigenvalue weighted by Gasteiger charge is -2.29. The fourth-order valence-electron chi connectivity index (χ4n) is 8.74. The molecule has 0 fully saturated rings. The lowest BCUT2D eigenvalue weighted by Crippen LogP contribution is -2.61. The van der Waals surface area contributed by atoms with E-state index >= 15 is 0 Å². The first-order valence-electron chi connectivity index (χ1n) is 29.7. The van der Waals surface area contributed by atoms with Crippen molar-refractivity contribution in [1.29, 1.82) is 0 Å². The molecule has 10 atom stereocenters. The molecule has 0 aliphatic heterocycles. The van der Waals surface area contributed by atoms with Gasteiger partial charge in [-0.3, -0.25) is 67.1 Å². The third-order valence-electron chi connectivity index (χ3n) is 14.1. The number of nitrogens with two attached hydrogens (primary N) is 2. The first kappa shape index (κ1) is 77.6. The Morgan fingerprint density at radius 2 is 0.846 bits per heavy atom. The van der Waals surface area contributed by atoms with Gasteiger partial charge in [-0.25, -0.2) is 0 Å². The van der Waals surface area contributed by atoms with E-state index in [-0.39, 0.29) is 43.2 Å². The van der Waals surface area contributed by atoms with Crippen molar-refractivity contribution in [1.82, 2.24) is 63.8 Å². The molecule has 91 heavy (non-hydrogen) atoms. The van der Waals surface area contributed by atoms with E-state index < -0.39 is 188 Å². The van der Waals surface area contributed by atoms with Crippen molar-refractivity contribution in [2.24, 2.45) is 29.2 Å². The second kappa shape index (κ2) is 39.5. The molecule has 504 valence electrons. The molecule has 0 saturated heterocycles. The standard InChI is InChI=1S/C59H90N14O18/c1-9-32(6)50(66-34(8)75)56(88)65-27-44(79)67-40(21-22-47(82)83)53(85)63-29-46(81)72-51(33(7)74)59(91)69-41(24-35-13-17-37(76)18-14-35)54(86)64-28-45(80)71-48(30(2)3)58(90)73-49(31(4)5)57(89)70-42(25-36-15-19-38(77)20-16-36)55(87)68-39(12-10-11-23-60)52(84)62-26-43(61)78/h13-20,30-33,39-42,48-51,74,76-77H,9-12,21-29,60H2,1-8H3,(H2,61,78)(H,62,84)(H,63,85)(H,64,86)(H,65,88)(H,66,75)(H,67,79)(H,68,87)(H,69,91)(H,70,89)(H,71,80)(H,72,81)(H,73,90)(H,82,83)/t32-,33+,39-,40-,41-,42-,48-,49-,50-,51-/m0/s1. The number of rotatable bonds is 40. The molecule has 0 unspecified atom stereocenters. The Kier molecular flexibility index (Phi) is 33.7. The van der Waals surface area contributed by atoms with Gasteiger partial charge in [0.05, 0.1) is 32.3 Å². The summed E-state index contributed by atoms with van der Waals surface area (Å²) < 4.78 is 0. The van der Waals surface area contributed by atoms with Crippen LogP contribution in [-0.2, 0) is 80.0 Å². The van der Waals surface area contributed by atoms with Gasteiger partial charge in [-0.15, -0.1) is 0 Å². The molecule has 0 spiro atoms. The number of carboxylic acid groups (broad SMARTS) is 1. The fourth-order valence-corrected chi connectivity index (χ4v) is 8.74. The van der Waals surface area contributed by atoms with E-state index in [2.05, 4.69) is 63.8 Å². The number of phenolic OH excluding ortho intramolecular Hbond substituents is 2. The van der Waals surface area contributed by atoms with Crippen molar-refractivity contribution in [2.75, 3.05) is 32.7 Å². The first-order valence-corrected chi connectivity index (χ1v) is 29.7. The minimum atomic E-state index is -1.81. The number of aromatic hydroxyl groups is 2. The topological polar surface area (TPSA) is 516 Å². The summed E-state index contributed by atoms with van der Waals surface area (Å²) in [4.78, 5) is 183. The molecule has 2 rings (SSSR count). The maximum absolute atomic E-state index is 14.2. The molecular formula is C59H90N14O18. The number of carbonyl (C=O) groups is 14. The molecule has 0 aromatic heterocycles. The number of carboxylic acids is 1. The highest BCUT2D eigenvalue weighted by Crippen LogP contribution is 2.16. The van der Waals surface area contributed by atoms with Crippen LogP contribution in [0, 0.1) is 17.8 Å². The number of hydrogen-bond donors (Lipinski definition) is 18. The zero-order chi connectivity index (χ0) is 68.7. The predicted octanol–water partition coefficient (Wildman–Crippen LogP) is -4.54. The maximum atomic E-state index is 14.2. The minimum absolute atomic E-state index is 0.0791. The van der Waals surface area contributed by atoms with E-state index in [4.69, 9.17) is 11.5 Å².